The summed E-state index contributed by atoms with van der Waals surface area (Å²) in [5.74, 6) is -8.95. The maximum atomic E-state index is 9.50. The zero-order valence-corrected chi connectivity index (χ0v) is 9.39. The van der Waals surface area contributed by atoms with E-state index in [1.807, 2.05) is 0 Å². The Kier molecular flexibility index (Phi) is 0.663. The number of rotatable bonds is 0. The lowest BCUT2D eigenvalue weighted by Crippen LogP contribution is -2.64. The molecule has 2 aliphatic carbocycles. The van der Waals surface area contributed by atoms with E-state index in [0.29, 0.717) is 0 Å². The van der Waals surface area contributed by atoms with Gasteiger partial charge in [0.25, 0.3) is 0 Å². The molecule has 6 atom stereocenters. The molecular formula is C16H28N2. The smallest absolute Gasteiger partial charge is 0.123 e. The summed E-state index contributed by atoms with van der Waals surface area (Å²) in [5, 5.41) is -1.30. The highest BCUT2D eigenvalue weighted by molar-refractivity contribution is 5.13. The predicted octanol–water partition coefficient (Wildman–Crippen LogP) is 2.83. The third kappa shape index (κ3) is 1.68. The van der Waals surface area contributed by atoms with Crippen molar-refractivity contribution in [3.63, 3.8) is 0 Å². The topological polar surface area (TPSA) is 24.1 Å². The summed E-state index contributed by atoms with van der Waals surface area (Å²) in [6.45, 7) is -4.08. The van der Waals surface area contributed by atoms with E-state index < -0.39 is 110 Å². The van der Waals surface area contributed by atoms with Crippen LogP contribution < -0.4 is 10.6 Å². The van der Waals surface area contributed by atoms with E-state index in [1.165, 1.54) is 0 Å². The van der Waals surface area contributed by atoms with E-state index in [2.05, 4.69) is 0 Å². The van der Waals surface area contributed by atoms with Crippen molar-refractivity contribution in [1.82, 2.24) is 10.6 Å². The zero-order valence-electron chi connectivity index (χ0n) is 32.4. The molecule has 6 unspecified atom stereocenters. The maximum absolute atomic E-state index is 9.50. The molecule has 0 aromatic carbocycles. The SMILES string of the molecule is [2H]C1CCC2(N([2H])C([2H])([2H])C([2H])([2H])C3([2H])C2([2H])N([2H])C2([2H])C([2H])([2H])C([2H])([2H])C([2H])([2H])C([2H])([2H])C23[2H])C([2H])([2H])C1([2H])[2H]. The molecule has 4 fully saturated rings. The molecule has 4 aliphatic rings. The van der Waals surface area contributed by atoms with Crippen molar-refractivity contribution in [2.45, 2.75) is 81.4 Å². The fourth-order valence-corrected chi connectivity index (χ4v) is 2.36. The van der Waals surface area contributed by atoms with Crippen LogP contribution in [0.4, 0.5) is 0 Å². The van der Waals surface area contributed by atoms with Gasteiger partial charge in [0.1, 0.15) is 2.82 Å². The van der Waals surface area contributed by atoms with Gasteiger partial charge in [-0.2, -0.15) is 0 Å². The van der Waals surface area contributed by atoms with Crippen molar-refractivity contribution in [1.29, 1.82) is 0 Å². The highest BCUT2D eigenvalue weighted by Crippen LogP contribution is 2.47. The van der Waals surface area contributed by atoms with Crippen molar-refractivity contribution in [2.24, 2.45) is 11.8 Å². The van der Waals surface area contributed by atoms with Crippen molar-refractivity contribution < 1.29 is 31.6 Å². The quantitative estimate of drug-likeness (QED) is 0.708. The van der Waals surface area contributed by atoms with Crippen LogP contribution in [0.2, 0.25) is 2.82 Å². The van der Waals surface area contributed by atoms with E-state index in [1.54, 1.807) is 0 Å². The van der Waals surface area contributed by atoms with E-state index >= 15 is 0 Å². The van der Waals surface area contributed by atoms with Gasteiger partial charge in [-0.3, -0.25) is 0 Å². The fourth-order valence-electron chi connectivity index (χ4n) is 2.36. The average molecular weight is 272 g/mol. The molecule has 0 aromatic rings. The summed E-state index contributed by atoms with van der Waals surface area (Å²) in [4.78, 5) is 0. The summed E-state index contributed by atoms with van der Waals surface area (Å²) in [5.41, 5.74) is -3.66. The van der Waals surface area contributed by atoms with Gasteiger partial charge >= 0.3 is 0 Å². The minimum Gasteiger partial charge on any atom is -0.310 e. The molecule has 2 saturated carbocycles. The second-order valence-electron chi connectivity index (χ2n) is 4.28. The lowest BCUT2D eigenvalue weighted by Gasteiger charge is -2.49. The van der Waals surface area contributed by atoms with Crippen molar-refractivity contribution in [2.75, 3.05) is 6.50 Å². The first-order valence-corrected chi connectivity index (χ1v) is 5.69. The van der Waals surface area contributed by atoms with Gasteiger partial charge in [-0.15, -0.1) is 0 Å². The average Bonchev–Trinajstić information content (AvgIpc) is 2.93. The molecule has 0 amide bonds. The van der Waals surface area contributed by atoms with Gasteiger partial charge in [-0.05, 0) is 50.2 Å². The van der Waals surface area contributed by atoms with Gasteiger partial charge < -0.3 is 10.6 Å². The molecule has 4 rings (SSSR count). The van der Waals surface area contributed by atoms with E-state index in [9.17, 15) is 4.11 Å². The Bertz CT molecular complexity index is 1170. The summed E-state index contributed by atoms with van der Waals surface area (Å²) < 4.78 is 199. The van der Waals surface area contributed by atoms with Crippen molar-refractivity contribution >= 4 is 0 Å². The summed E-state index contributed by atoms with van der Waals surface area (Å²) >= 11 is 0. The van der Waals surface area contributed by atoms with Gasteiger partial charge in [0, 0.05) is 46.4 Å². The number of fused-ring (bicyclic) bond motifs is 4. The van der Waals surface area contributed by atoms with Gasteiger partial charge in [0.2, 0.25) is 0 Å². The Hall–Kier alpha value is -0.0800. The number of nitrogens with one attached hydrogen (secondary N) is 2. The minimum absolute atomic E-state index is 0.552. The third-order valence-electron chi connectivity index (χ3n) is 3.23. The molecule has 0 radical (unpaired) electrons. The minimum atomic E-state index is -4.49. The van der Waals surface area contributed by atoms with Crippen LogP contribution in [-0.4, -0.2) is 24.1 Å². The van der Waals surface area contributed by atoms with Crippen molar-refractivity contribution in [3.8, 4) is 0 Å². The molecular weight excluding hydrogens is 220 g/mol. The molecule has 0 aromatic heterocycles. The first-order chi connectivity index (χ1) is 17.7. The van der Waals surface area contributed by atoms with E-state index in [0.717, 1.165) is 0 Å². The molecule has 0 bridgehead atoms. The standard InChI is InChI=1S/C16H28N2/c1-4-9-16(10-5-1)15-13(8-11-17-16)12-6-2-3-7-14(12)18-15/h12-15,17-18H,1-11H2/i1D,2D2,3D2,4D2,6D2,7D2,8D2,9D2,11D2,12D,13D,14D,15D/hD2. The predicted molar refractivity (Wildman–Crippen MR) is 74.6 cm³/mol. The zero-order chi connectivity index (χ0) is 32.6. The summed E-state index contributed by atoms with van der Waals surface area (Å²) in [7, 11) is 0. The summed E-state index contributed by atoms with van der Waals surface area (Å²) in [6.07, 6.45) is -32.7. The largest absolute Gasteiger partial charge is 0.310 e. The van der Waals surface area contributed by atoms with Crippen LogP contribution >= 0.6 is 0 Å². The van der Waals surface area contributed by atoms with Crippen molar-refractivity contribution in [3.05, 3.63) is 0 Å². The van der Waals surface area contributed by atoms with Crippen LogP contribution in [0.1, 0.15) is 92.6 Å². The Labute approximate surface area is 144 Å². The maximum Gasteiger partial charge on any atom is 0.123 e. The molecule has 2 heteroatoms. The molecule has 2 nitrogen and oxygen atoms in total. The second-order valence-corrected chi connectivity index (χ2v) is 4.28. The van der Waals surface area contributed by atoms with Crippen LogP contribution in [0, 0.1) is 11.8 Å². The fraction of sp³-hybridized carbons (Fsp3) is 1.00. The normalized spacial score (nSPS) is 116. The van der Waals surface area contributed by atoms with Gasteiger partial charge in [-0.25, -0.2) is 0 Å². The number of piperidine rings is 1. The van der Waals surface area contributed by atoms with Gasteiger partial charge in [-0.1, -0.05) is 31.9 Å². The van der Waals surface area contributed by atoms with Crippen LogP contribution in [0.3, 0.4) is 0 Å². The number of hydrogen-bond acceptors (Lipinski definition) is 2. The molecule has 2 saturated heterocycles. The molecule has 2 heterocycles. The Morgan fingerprint density at radius 3 is 3.11 bits per heavy atom. The third-order valence-corrected chi connectivity index (χ3v) is 3.23. The molecule has 2 aliphatic heterocycles. The molecule has 1 spiro atoms. The Balaban J connectivity index is 2.35. The van der Waals surface area contributed by atoms with Gasteiger partial charge in [0.15, 0.2) is 0 Å². The first kappa shape index (κ1) is 2.66. The molecule has 2 N–H and O–H groups in total. The van der Waals surface area contributed by atoms with E-state index in [4.69, 9.17) is 27.5 Å². The van der Waals surface area contributed by atoms with Gasteiger partial charge in [0.05, 0.1) is 0 Å². The lowest BCUT2D eigenvalue weighted by molar-refractivity contribution is 0.100. The van der Waals surface area contributed by atoms with E-state index in [-0.39, 0.29) is 0 Å². The molecule has 102 valence electrons. The van der Waals surface area contributed by atoms with Crippen LogP contribution in [-0.2, 0) is 0 Å². The summed E-state index contributed by atoms with van der Waals surface area (Å²) in [6, 6.07) is -8.53. The number of hydrogen-bond donors (Lipinski definition) is 2. The monoisotopic (exact) mass is 271 g/mol. The second kappa shape index (κ2) is 4.49. The molecule has 18 heavy (non-hydrogen) atoms. The van der Waals surface area contributed by atoms with Crippen LogP contribution in [0.5, 0.6) is 0 Å². The lowest BCUT2D eigenvalue weighted by atomic mass is 9.66. The Morgan fingerprint density at radius 2 is 2.11 bits per heavy atom. The first-order valence-electron chi connectivity index (χ1n) is 17.2. The highest BCUT2D eigenvalue weighted by atomic mass is 15.1. The van der Waals surface area contributed by atoms with Crippen LogP contribution in [0.15, 0.2) is 0 Å². The van der Waals surface area contributed by atoms with Crippen LogP contribution in [0.25, 0.3) is 0 Å². The Morgan fingerprint density at radius 1 is 1.17 bits per heavy atom. The highest BCUT2D eigenvalue weighted by Gasteiger charge is 2.54.